The molecule has 0 aromatic rings. The molecule has 5 aliphatic heterocycles. The third kappa shape index (κ3) is 28.1. The predicted octanol–water partition coefficient (Wildman–Crippen LogP) is 10.4. The van der Waals surface area contributed by atoms with Gasteiger partial charge in [0.15, 0.2) is 0 Å². The summed E-state index contributed by atoms with van der Waals surface area (Å²) in [6.45, 7) is 35.6. The molecule has 1 N–H and O–H groups in total. The average molecular weight is 1690 g/mol. The SMILES string of the molecule is C.C.C.C.CCOC(=O)C1CC2CC2N1C(=O)OC(C)(C)C.CCOC(=O)C1CC=CN1C(=O)OC(C)(C)C.CCOC(=O)C1C[C@@H]2C[C@@H]2N1C(=O)OC(C)(C)C.CCOC(=O)C1C[C@@H]2C[C@@H]2N1C(=O)OC(C)(C)C.CNC(=O)C1CC2CC2N1C(=O)OC(C)(C)C.I[I-]I. The van der Waals surface area contributed by atoms with Crippen molar-refractivity contribution in [3.63, 3.8) is 0 Å². The molecule has 9 unspecified atom stereocenters. The third-order valence-corrected chi connectivity index (χ3v) is 15.2. The van der Waals surface area contributed by atoms with E-state index in [0.717, 1.165) is 32.1 Å². The zero-order valence-electron chi connectivity index (χ0n) is 57.0. The standard InChI is InChI=1S/3C13H21NO4.C12H20N2O3.C12H19NO4.4CH4.I3/c3*1-5-17-11(15)10-7-8-6-9(8)14(10)12(16)18-13(2,3)4;1-12(2,3)17-11(16)14-8-5-7(8)6-9(14)10(15)13-4;1-5-16-10(14)9-7-6-8-13(9)11(15)17-12(2,3)4;;;;;1-3-2/h3*8-10H,5-7H2,1-4H3;7-9H,5-6H2,1-4H3,(H,13,15);6,8-9H,5,7H2,1-4H3;4*1H4;/q;;;;;;;;;-1/t2*8-,9-,10?;;;;;;;;/m00......../s1. The summed E-state index contributed by atoms with van der Waals surface area (Å²) in [5.41, 5.74) is -2.71. The normalized spacial score (nSPS) is 26.1. The zero-order valence-corrected chi connectivity index (χ0v) is 63.5. The van der Waals surface area contributed by atoms with Crippen molar-refractivity contribution >= 4 is 97.5 Å². The van der Waals surface area contributed by atoms with Crippen molar-refractivity contribution < 1.29 is 104 Å². The second kappa shape index (κ2) is 38.3. The molecule has 4 saturated carbocycles. The maximum absolute atomic E-state index is 12.1. The van der Waals surface area contributed by atoms with Crippen LogP contribution in [-0.4, -0.2) is 201 Å². The quantitative estimate of drug-likeness (QED) is 0.128. The van der Waals surface area contributed by atoms with Gasteiger partial charge < -0.3 is 47.9 Å². The first-order valence-electron chi connectivity index (χ1n) is 31.6. The number of esters is 4. The first kappa shape index (κ1) is 90.6. The van der Waals surface area contributed by atoms with E-state index in [0.29, 0.717) is 89.0 Å². The van der Waals surface area contributed by atoms with Gasteiger partial charge in [-0.2, -0.15) is 0 Å². The molecule has 95 heavy (non-hydrogen) atoms. The van der Waals surface area contributed by atoms with Crippen LogP contribution >= 0.6 is 37.2 Å². The number of nitrogens with one attached hydrogen (secondary N) is 1. The number of amides is 6. The van der Waals surface area contributed by atoms with Gasteiger partial charge in [-0.3, -0.25) is 29.3 Å². The number of carbonyl (C=O) groups is 10. The fourth-order valence-electron chi connectivity index (χ4n) is 11.4. The summed E-state index contributed by atoms with van der Waals surface area (Å²) in [7, 11) is 1.60. The van der Waals surface area contributed by atoms with Crippen LogP contribution in [-0.2, 0) is 66.6 Å². The molecule has 0 aromatic heterocycles. The number of nitrogens with zero attached hydrogens (tertiary/aromatic N) is 5. The van der Waals surface area contributed by atoms with Crippen LogP contribution in [0.15, 0.2) is 12.3 Å². The first-order chi connectivity index (χ1) is 42.1. The molecular weight excluding hydrogens is 1570 g/mol. The number of hydrogen-bond acceptors (Lipinski definition) is 19. The summed E-state index contributed by atoms with van der Waals surface area (Å²) in [5, 5.41) is 2.61. The van der Waals surface area contributed by atoms with Crippen molar-refractivity contribution in [3.05, 3.63) is 12.3 Å². The van der Waals surface area contributed by atoms with Crippen molar-refractivity contribution in [3.8, 4) is 0 Å². The zero-order chi connectivity index (χ0) is 69.1. The Morgan fingerprint density at radius 1 is 0.389 bits per heavy atom. The Hall–Kier alpha value is -4.37. The van der Waals surface area contributed by atoms with E-state index >= 15 is 0 Å². The van der Waals surface area contributed by atoms with Gasteiger partial charge in [0.2, 0.25) is 5.91 Å². The molecule has 0 spiro atoms. The van der Waals surface area contributed by atoms with Crippen LogP contribution in [0, 0.1) is 23.7 Å². The molecular formula is C67H118I3N6O19-. The van der Waals surface area contributed by atoms with Crippen LogP contribution in [0.25, 0.3) is 0 Å². The topological polar surface area (TPSA) is 282 Å². The number of fused-ring (bicyclic) bond motifs is 4. The Morgan fingerprint density at radius 2 is 0.611 bits per heavy atom. The van der Waals surface area contributed by atoms with Crippen LogP contribution in [0.3, 0.4) is 0 Å². The van der Waals surface area contributed by atoms with Gasteiger partial charge in [-0.15, -0.1) is 0 Å². The van der Waals surface area contributed by atoms with Gasteiger partial charge in [0, 0.05) is 37.4 Å². The van der Waals surface area contributed by atoms with Gasteiger partial charge in [-0.1, -0.05) is 35.8 Å². The maximum atomic E-state index is 12.1. The molecule has 4 saturated heterocycles. The third-order valence-electron chi connectivity index (χ3n) is 15.2. The number of rotatable bonds is 9. The summed E-state index contributed by atoms with van der Waals surface area (Å²) < 4.78 is 46.6. The molecule has 9 rings (SSSR count). The van der Waals surface area contributed by atoms with E-state index in [1.807, 2.05) is 83.1 Å². The molecule has 0 aromatic carbocycles. The van der Waals surface area contributed by atoms with E-state index in [1.165, 1.54) is 4.90 Å². The Balaban J connectivity index is 0.00000114. The fraction of sp³-hybridized carbons (Fsp3) is 0.821. The molecule has 8 fully saturated rings. The minimum atomic E-state index is -0.593. The van der Waals surface area contributed by atoms with Crippen molar-refractivity contribution in [2.45, 2.75) is 301 Å². The molecule has 25 nitrogen and oxygen atoms in total. The van der Waals surface area contributed by atoms with Gasteiger partial charge in [0.05, 0.1) is 26.4 Å². The van der Waals surface area contributed by atoms with Crippen molar-refractivity contribution in [2.24, 2.45) is 23.7 Å². The van der Waals surface area contributed by atoms with E-state index in [1.54, 1.807) is 87.4 Å². The second-order valence-electron chi connectivity index (χ2n) is 28.5. The van der Waals surface area contributed by atoms with Gasteiger partial charge in [-0.25, -0.2) is 43.2 Å². The van der Waals surface area contributed by atoms with Gasteiger partial charge in [0.1, 0.15) is 58.2 Å². The number of hydrogen-bond donors (Lipinski definition) is 1. The summed E-state index contributed by atoms with van der Waals surface area (Å²) in [4.78, 5) is 127. The number of likely N-dealkylation sites (tertiary alicyclic amines) is 4. The Kier molecular flexibility index (Phi) is 36.5. The molecule has 552 valence electrons. The van der Waals surface area contributed by atoms with E-state index < -0.39 is 82.5 Å². The van der Waals surface area contributed by atoms with Crippen molar-refractivity contribution in [2.75, 3.05) is 33.5 Å². The Bertz CT molecular complexity index is 2430. The van der Waals surface area contributed by atoms with E-state index in [2.05, 4.69) is 42.5 Å². The molecule has 6 amide bonds. The van der Waals surface area contributed by atoms with Gasteiger partial charge in [0.25, 0.3) is 0 Å². The van der Waals surface area contributed by atoms with Gasteiger partial charge >= 0.3 is 105 Å². The van der Waals surface area contributed by atoms with Crippen molar-refractivity contribution in [1.82, 2.24) is 29.8 Å². The molecule has 13 atom stereocenters. The minimum absolute atomic E-state index is 0. The summed E-state index contributed by atoms with van der Waals surface area (Å²) in [6.07, 6.45) is 8.56. The Morgan fingerprint density at radius 3 is 0.842 bits per heavy atom. The van der Waals surface area contributed by atoms with Crippen LogP contribution in [0.4, 0.5) is 24.0 Å². The van der Waals surface area contributed by atoms with Crippen LogP contribution in [0.1, 0.15) is 219 Å². The van der Waals surface area contributed by atoms with Crippen LogP contribution in [0.5, 0.6) is 0 Å². The molecule has 9 aliphatic rings. The van der Waals surface area contributed by atoms with Crippen LogP contribution in [0.2, 0.25) is 0 Å². The average Bonchev–Trinajstić information content (AvgIpc) is 1.62. The number of ether oxygens (including phenoxy) is 9. The van der Waals surface area contributed by atoms with E-state index in [4.69, 9.17) is 42.6 Å². The monoisotopic (exact) mass is 1690 g/mol. The number of piperidine rings is 4. The number of likely N-dealkylation sites (N-methyl/N-ethyl adjacent to an activating group) is 1. The molecule has 0 radical (unpaired) electrons. The number of carbonyl (C=O) groups excluding carboxylic acids is 10. The Labute approximate surface area is 597 Å². The summed E-state index contributed by atoms with van der Waals surface area (Å²) >= 11 is 5.30. The number of halogens is 3. The van der Waals surface area contributed by atoms with Crippen LogP contribution < -0.4 is 18.6 Å². The van der Waals surface area contributed by atoms with Gasteiger partial charge in [-0.05, 0) is 213 Å². The van der Waals surface area contributed by atoms with E-state index in [-0.39, 0.29) is 89.8 Å². The first-order valence-corrected chi connectivity index (χ1v) is 44.1. The molecule has 28 heteroatoms. The fourth-order valence-corrected chi connectivity index (χ4v) is 11.4. The summed E-state index contributed by atoms with van der Waals surface area (Å²) in [6, 6.07) is -1.57. The molecule has 5 heterocycles. The molecule has 0 bridgehead atoms. The molecule has 4 aliphatic carbocycles. The predicted molar refractivity (Wildman–Crippen MR) is 375 cm³/mol. The second-order valence-corrected chi connectivity index (χ2v) is 44.8. The van der Waals surface area contributed by atoms with Crippen molar-refractivity contribution in [1.29, 1.82) is 0 Å². The van der Waals surface area contributed by atoms with E-state index in [9.17, 15) is 47.9 Å². The summed E-state index contributed by atoms with van der Waals surface area (Å²) in [5.74, 6) is 0.420.